The van der Waals surface area contributed by atoms with Gasteiger partial charge < -0.3 is 5.84 Å². The van der Waals surface area contributed by atoms with Crippen molar-refractivity contribution in [2.24, 2.45) is 0 Å². The minimum absolute atomic E-state index is 0.612. The molecular formula is C8H7N3S. The van der Waals surface area contributed by atoms with Crippen LogP contribution in [0.5, 0.6) is 0 Å². The molecule has 2 aromatic rings. The topological polar surface area (TPSA) is 43.8 Å². The van der Waals surface area contributed by atoms with E-state index in [4.69, 9.17) is 18.1 Å². The van der Waals surface area contributed by atoms with Gasteiger partial charge in [0, 0.05) is 5.39 Å². The number of nitrogens with two attached hydrogens (primary N) is 1. The first kappa shape index (κ1) is 7.24. The van der Waals surface area contributed by atoms with Crippen LogP contribution < -0.4 is 5.84 Å². The number of hydrogen-bond donors (Lipinski definition) is 1. The summed E-state index contributed by atoms with van der Waals surface area (Å²) in [6, 6.07) is 7.66. The van der Waals surface area contributed by atoms with E-state index in [-0.39, 0.29) is 0 Å². The van der Waals surface area contributed by atoms with Gasteiger partial charge in [-0.3, -0.25) is 0 Å². The van der Waals surface area contributed by atoms with E-state index in [1.807, 2.05) is 24.3 Å². The van der Waals surface area contributed by atoms with Crippen molar-refractivity contribution in [1.29, 1.82) is 0 Å². The van der Waals surface area contributed by atoms with Crippen LogP contribution in [-0.2, 0) is 0 Å². The van der Waals surface area contributed by atoms with Gasteiger partial charge in [-0.15, -0.1) is 0 Å². The molecule has 0 radical (unpaired) electrons. The summed E-state index contributed by atoms with van der Waals surface area (Å²) in [7, 11) is 0. The molecule has 0 amide bonds. The fourth-order valence-corrected chi connectivity index (χ4v) is 1.30. The summed E-state index contributed by atoms with van der Waals surface area (Å²) in [6.07, 6.45) is 1.52. The van der Waals surface area contributed by atoms with E-state index in [1.165, 1.54) is 11.0 Å². The third-order valence-electron chi connectivity index (χ3n) is 1.69. The quantitative estimate of drug-likeness (QED) is 0.489. The fraction of sp³-hybridized carbons (Fsp3) is 0. The SMILES string of the molecule is Nn1cnc2ccccc2c1=S. The van der Waals surface area contributed by atoms with Gasteiger partial charge in [-0.05, 0) is 12.1 Å². The zero-order chi connectivity index (χ0) is 8.55. The zero-order valence-electron chi connectivity index (χ0n) is 6.27. The maximum absolute atomic E-state index is 5.54. The Hall–Kier alpha value is -1.42. The lowest BCUT2D eigenvalue weighted by molar-refractivity contribution is 0.941. The average molecular weight is 177 g/mol. The van der Waals surface area contributed by atoms with Crippen LogP contribution in [-0.4, -0.2) is 9.66 Å². The van der Waals surface area contributed by atoms with E-state index in [0.717, 1.165) is 10.9 Å². The molecule has 0 aliphatic rings. The molecule has 0 aliphatic heterocycles. The molecule has 60 valence electrons. The van der Waals surface area contributed by atoms with Gasteiger partial charge in [0.25, 0.3) is 0 Å². The predicted molar refractivity (Wildman–Crippen MR) is 50.7 cm³/mol. The van der Waals surface area contributed by atoms with Crippen LogP contribution in [0.25, 0.3) is 10.9 Å². The molecule has 1 aromatic carbocycles. The summed E-state index contributed by atoms with van der Waals surface area (Å²) < 4.78 is 1.96. The number of para-hydroxylation sites is 1. The van der Waals surface area contributed by atoms with Crippen LogP contribution in [0.15, 0.2) is 30.6 Å². The second kappa shape index (κ2) is 2.57. The van der Waals surface area contributed by atoms with E-state index in [0.29, 0.717) is 4.64 Å². The predicted octanol–water partition coefficient (Wildman–Crippen LogP) is 1.48. The van der Waals surface area contributed by atoms with Crippen molar-refractivity contribution in [3.8, 4) is 0 Å². The van der Waals surface area contributed by atoms with Crippen molar-refractivity contribution >= 4 is 23.1 Å². The summed E-state index contributed by atoms with van der Waals surface area (Å²) in [5.41, 5.74) is 0.879. The Morgan fingerprint density at radius 3 is 2.92 bits per heavy atom. The minimum atomic E-state index is 0.612. The molecule has 0 fully saturated rings. The molecule has 0 aliphatic carbocycles. The highest BCUT2D eigenvalue weighted by molar-refractivity contribution is 7.71. The Morgan fingerprint density at radius 1 is 1.33 bits per heavy atom. The van der Waals surface area contributed by atoms with Crippen molar-refractivity contribution in [2.75, 3.05) is 5.84 Å². The molecule has 0 spiro atoms. The third-order valence-corrected chi connectivity index (χ3v) is 2.12. The van der Waals surface area contributed by atoms with Crippen LogP contribution in [0.4, 0.5) is 0 Å². The number of aromatic nitrogens is 2. The van der Waals surface area contributed by atoms with Crippen molar-refractivity contribution in [3.05, 3.63) is 35.2 Å². The molecule has 2 N–H and O–H groups in total. The smallest absolute Gasteiger partial charge is 0.136 e. The highest BCUT2D eigenvalue weighted by Crippen LogP contribution is 2.10. The summed E-state index contributed by atoms with van der Waals surface area (Å²) in [5, 5.41) is 0.914. The molecular weight excluding hydrogens is 170 g/mol. The molecule has 1 aromatic heterocycles. The lowest BCUT2D eigenvalue weighted by Crippen LogP contribution is -2.10. The van der Waals surface area contributed by atoms with Gasteiger partial charge in [0.2, 0.25) is 0 Å². The average Bonchev–Trinajstić information content (AvgIpc) is 2.12. The zero-order valence-corrected chi connectivity index (χ0v) is 7.08. The normalized spacial score (nSPS) is 10.3. The highest BCUT2D eigenvalue weighted by atomic mass is 32.1. The summed E-state index contributed by atoms with van der Waals surface area (Å²) in [5.74, 6) is 5.54. The van der Waals surface area contributed by atoms with Gasteiger partial charge in [0.05, 0.1) is 5.52 Å². The lowest BCUT2D eigenvalue weighted by atomic mass is 10.2. The van der Waals surface area contributed by atoms with Gasteiger partial charge in [0.15, 0.2) is 0 Å². The number of nitrogens with zero attached hydrogens (tertiary/aromatic N) is 2. The van der Waals surface area contributed by atoms with E-state index < -0.39 is 0 Å². The summed E-state index contributed by atoms with van der Waals surface area (Å²) >= 11 is 5.09. The van der Waals surface area contributed by atoms with Crippen molar-refractivity contribution in [1.82, 2.24) is 9.66 Å². The highest BCUT2D eigenvalue weighted by Gasteiger charge is 1.95. The molecule has 0 bridgehead atoms. The maximum atomic E-state index is 5.54. The van der Waals surface area contributed by atoms with Crippen LogP contribution in [0.2, 0.25) is 0 Å². The molecule has 2 rings (SSSR count). The van der Waals surface area contributed by atoms with Crippen molar-refractivity contribution in [3.63, 3.8) is 0 Å². The van der Waals surface area contributed by atoms with Gasteiger partial charge in [-0.25, -0.2) is 9.66 Å². The van der Waals surface area contributed by atoms with Crippen molar-refractivity contribution in [2.45, 2.75) is 0 Å². The standard InChI is InChI=1S/C8H7N3S/c9-11-5-10-7-4-2-1-3-6(7)8(11)12/h1-5H,9H2. The second-order valence-electron chi connectivity index (χ2n) is 2.47. The van der Waals surface area contributed by atoms with Crippen LogP contribution in [0.1, 0.15) is 0 Å². The summed E-state index contributed by atoms with van der Waals surface area (Å²) in [4.78, 5) is 4.11. The molecule has 0 unspecified atom stereocenters. The van der Waals surface area contributed by atoms with Crippen LogP contribution in [0, 0.1) is 4.64 Å². The number of benzene rings is 1. The van der Waals surface area contributed by atoms with E-state index in [2.05, 4.69) is 4.98 Å². The van der Waals surface area contributed by atoms with Gasteiger partial charge in [-0.1, -0.05) is 24.4 Å². The first-order valence-corrected chi connectivity index (χ1v) is 3.91. The van der Waals surface area contributed by atoms with Crippen LogP contribution >= 0.6 is 12.2 Å². The van der Waals surface area contributed by atoms with Crippen LogP contribution in [0.3, 0.4) is 0 Å². The van der Waals surface area contributed by atoms with E-state index >= 15 is 0 Å². The molecule has 0 atom stereocenters. The fourth-order valence-electron chi connectivity index (χ4n) is 1.08. The van der Waals surface area contributed by atoms with Crippen molar-refractivity contribution < 1.29 is 0 Å². The molecule has 1 heterocycles. The second-order valence-corrected chi connectivity index (χ2v) is 2.86. The monoisotopic (exact) mass is 177 g/mol. The minimum Gasteiger partial charge on any atom is -0.337 e. The Balaban J connectivity index is 3.01. The Labute approximate surface area is 74.4 Å². The first-order valence-electron chi connectivity index (χ1n) is 3.50. The van der Waals surface area contributed by atoms with E-state index in [9.17, 15) is 0 Å². The van der Waals surface area contributed by atoms with Gasteiger partial charge in [-0.2, -0.15) is 0 Å². The Morgan fingerprint density at radius 2 is 2.08 bits per heavy atom. The number of rotatable bonds is 0. The molecule has 3 nitrogen and oxygen atoms in total. The lowest BCUT2D eigenvalue weighted by Gasteiger charge is -2.00. The third kappa shape index (κ3) is 0.967. The Bertz CT molecular complexity index is 475. The molecule has 0 saturated heterocycles. The number of hydrogen-bond acceptors (Lipinski definition) is 3. The maximum Gasteiger partial charge on any atom is 0.136 e. The molecule has 12 heavy (non-hydrogen) atoms. The van der Waals surface area contributed by atoms with Gasteiger partial charge >= 0.3 is 0 Å². The van der Waals surface area contributed by atoms with Gasteiger partial charge in [0.1, 0.15) is 11.0 Å². The summed E-state index contributed by atoms with van der Waals surface area (Å²) in [6.45, 7) is 0. The molecule has 0 saturated carbocycles. The number of nitrogen functional groups attached to an aromatic ring is 1. The van der Waals surface area contributed by atoms with E-state index in [1.54, 1.807) is 0 Å². The first-order chi connectivity index (χ1) is 5.79. The number of fused-ring (bicyclic) bond motifs is 1. The molecule has 4 heteroatoms. The Kier molecular flexibility index (Phi) is 1.55. The largest absolute Gasteiger partial charge is 0.337 e.